The number of carbonyl (C=O) groups is 1. The number of hydrogen-bond donors (Lipinski definition) is 1. The molecule has 124 valence electrons. The van der Waals surface area contributed by atoms with Crippen molar-refractivity contribution >= 4 is 17.4 Å². The van der Waals surface area contributed by atoms with Gasteiger partial charge in [0.25, 0.3) is 5.91 Å². The Labute approximate surface area is 145 Å². The first-order valence-corrected chi connectivity index (χ1v) is 8.02. The molecule has 0 unspecified atom stereocenters. The summed E-state index contributed by atoms with van der Waals surface area (Å²) in [5.74, 6) is 1.35. The van der Waals surface area contributed by atoms with E-state index in [4.69, 9.17) is 4.74 Å². The smallest absolute Gasteiger partial charge is 0.261 e. The Kier molecular flexibility index (Phi) is 3.82. The molecule has 0 saturated carbocycles. The average molecular weight is 331 g/mol. The van der Waals surface area contributed by atoms with E-state index in [-0.39, 0.29) is 12.1 Å². The zero-order valence-electron chi connectivity index (χ0n) is 13.7. The standard InChI is InChI=1S/C20H17N3O2/c1-25-15-11-9-14(10-12-15)22-19-16-6-2-3-7-17(16)20(24)23(19)18-8-4-5-13-21-18/h2-13,19,22H,1H3/t19-/m1/s1. The normalized spacial score (nSPS) is 15.8. The summed E-state index contributed by atoms with van der Waals surface area (Å²) >= 11 is 0. The SMILES string of the molecule is COc1ccc(N[C@H]2c3ccccc3C(=O)N2c2ccccn2)cc1. The number of fused-ring (bicyclic) bond motifs is 1. The summed E-state index contributed by atoms with van der Waals surface area (Å²) in [6, 6.07) is 20.8. The maximum absolute atomic E-state index is 12.9. The van der Waals surface area contributed by atoms with Crippen LogP contribution in [0, 0.1) is 0 Å². The molecule has 0 fully saturated rings. The molecule has 3 aromatic rings. The Morgan fingerprint density at radius 3 is 2.48 bits per heavy atom. The minimum Gasteiger partial charge on any atom is -0.497 e. The van der Waals surface area contributed by atoms with E-state index in [1.54, 1.807) is 18.2 Å². The van der Waals surface area contributed by atoms with E-state index in [0.29, 0.717) is 11.4 Å². The number of ether oxygens (including phenoxy) is 1. The summed E-state index contributed by atoms with van der Waals surface area (Å²) in [6.45, 7) is 0. The summed E-state index contributed by atoms with van der Waals surface area (Å²) in [6.07, 6.45) is 1.38. The van der Waals surface area contributed by atoms with E-state index in [9.17, 15) is 4.79 Å². The van der Waals surface area contributed by atoms with Gasteiger partial charge in [0.2, 0.25) is 0 Å². The van der Waals surface area contributed by atoms with Gasteiger partial charge in [-0.2, -0.15) is 0 Å². The molecule has 1 amide bonds. The van der Waals surface area contributed by atoms with Crippen LogP contribution in [0.5, 0.6) is 5.75 Å². The lowest BCUT2D eigenvalue weighted by molar-refractivity contribution is 0.0992. The monoisotopic (exact) mass is 331 g/mol. The lowest BCUT2D eigenvalue weighted by atomic mass is 10.1. The number of rotatable bonds is 4. The molecule has 0 bridgehead atoms. The molecule has 1 N–H and O–H groups in total. The topological polar surface area (TPSA) is 54.5 Å². The zero-order chi connectivity index (χ0) is 17.2. The molecule has 1 aliphatic rings. The summed E-state index contributed by atoms with van der Waals surface area (Å²) in [5.41, 5.74) is 2.53. The van der Waals surface area contributed by atoms with Gasteiger partial charge in [-0.05, 0) is 42.5 Å². The first kappa shape index (κ1) is 15.2. The predicted molar refractivity (Wildman–Crippen MR) is 96.8 cm³/mol. The van der Waals surface area contributed by atoms with Crippen LogP contribution in [0.4, 0.5) is 11.5 Å². The number of amides is 1. The Morgan fingerprint density at radius 1 is 1.00 bits per heavy atom. The van der Waals surface area contributed by atoms with E-state index in [0.717, 1.165) is 17.0 Å². The van der Waals surface area contributed by atoms with Crippen LogP contribution in [-0.4, -0.2) is 18.0 Å². The van der Waals surface area contributed by atoms with Crippen molar-refractivity contribution in [3.63, 3.8) is 0 Å². The third-order valence-corrected chi connectivity index (χ3v) is 4.25. The van der Waals surface area contributed by atoms with Crippen molar-refractivity contribution in [1.82, 2.24) is 4.98 Å². The first-order chi connectivity index (χ1) is 12.3. The molecule has 1 aliphatic heterocycles. The maximum atomic E-state index is 12.9. The van der Waals surface area contributed by atoms with Gasteiger partial charge in [0.15, 0.2) is 0 Å². The van der Waals surface area contributed by atoms with Crippen LogP contribution in [0.1, 0.15) is 22.1 Å². The van der Waals surface area contributed by atoms with Gasteiger partial charge in [-0.1, -0.05) is 24.3 Å². The Morgan fingerprint density at radius 2 is 1.76 bits per heavy atom. The van der Waals surface area contributed by atoms with E-state index >= 15 is 0 Å². The number of pyridine rings is 1. The fourth-order valence-corrected chi connectivity index (χ4v) is 3.04. The number of benzene rings is 2. The minimum absolute atomic E-state index is 0.0553. The molecule has 25 heavy (non-hydrogen) atoms. The molecule has 2 aromatic carbocycles. The number of nitrogens with one attached hydrogen (secondary N) is 1. The molecule has 1 aromatic heterocycles. The van der Waals surface area contributed by atoms with Crippen LogP contribution in [-0.2, 0) is 0 Å². The Hall–Kier alpha value is -3.34. The van der Waals surface area contributed by atoms with Crippen molar-refractivity contribution < 1.29 is 9.53 Å². The third kappa shape index (κ3) is 2.70. The zero-order valence-corrected chi connectivity index (χ0v) is 13.7. The summed E-state index contributed by atoms with van der Waals surface area (Å²) in [4.78, 5) is 19.0. The first-order valence-electron chi connectivity index (χ1n) is 8.02. The molecular formula is C20H17N3O2. The maximum Gasteiger partial charge on any atom is 0.261 e. The van der Waals surface area contributed by atoms with E-state index in [1.807, 2.05) is 66.7 Å². The number of nitrogens with zero attached hydrogens (tertiary/aromatic N) is 2. The van der Waals surface area contributed by atoms with Crippen LogP contribution in [0.15, 0.2) is 72.9 Å². The molecule has 5 nitrogen and oxygen atoms in total. The lowest BCUT2D eigenvalue weighted by Gasteiger charge is -2.26. The van der Waals surface area contributed by atoms with Gasteiger partial charge in [-0.25, -0.2) is 4.98 Å². The van der Waals surface area contributed by atoms with Gasteiger partial charge in [0, 0.05) is 23.0 Å². The lowest BCUT2D eigenvalue weighted by Crippen LogP contribution is -2.32. The number of anilines is 2. The van der Waals surface area contributed by atoms with Gasteiger partial charge in [-0.15, -0.1) is 0 Å². The van der Waals surface area contributed by atoms with Crippen molar-refractivity contribution in [3.05, 3.63) is 84.1 Å². The summed E-state index contributed by atoms with van der Waals surface area (Å²) < 4.78 is 5.20. The van der Waals surface area contributed by atoms with Crippen LogP contribution in [0.25, 0.3) is 0 Å². The molecule has 4 rings (SSSR count). The molecule has 0 aliphatic carbocycles. The highest BCUT2D eigenvalue weighted by Gasteiger charge is 2.38. The Balaban J connectivity index is 1.74. The third-order valence-electron chi connectivity index (χ3n) is 4.25. The van der Waals surface area contributed by atoms with E-state index in [2.05, 4.69) is 10.3 Å². The molecule has 1 atom stereocenters. The van der Waals surface area contributed by atoms with Gasteiger partial charge in [-0.3, -0.25) is 9.69 Å². The predicted octanol–water partition coefficient (Wildman–Crippen LogP) is 3.86. The van der Waals surface area contributed by atoms with Crippen LogP contribution in [0.3, 0.4) is 0 Å². The highest BCUT2D eigenvalue weighted by atomic mass is 16.5. The van der Waals surface area contributed by atoms with Gasteiger partial charge < -0.3 is 10.1 Å². The number of methoxy groups -OCH3 is 1. The van der Waals surface area contributed by atoms with Gasteiger partial charge in [0.05, 0.1) is 7.11 Å². The second kappa shape index (κ2) is 6.28. The van der Waals surface area contributed by atoms with E-state index < -0.39 is 0 Å². The van der Waals surface area contributed by atoms with Gasteiger partial charge >= 0.3 is 0 Å². The van der Waals surface area contributed by atoms with Crippen molar-refractivity contribution in [3.8, 4) is 5.75 Å². The molecule has 0 saturated heterocycles. The molecule has 5 heteroatoms. The molecule has 0 spiro atoms. The van der Waals surface area contributed by atoms with E-state index in [1.165, 1.54) is 0 Å². The average Bonchev–Trinajstić information content (AvgIpc) is 2.95. The largest absolute Gasteiger partial charge is 0.497 e. The quantitative estimate of drug-likeness (QED) is 0.789. The van der Waals surface area contributed by atoms with Crippen molar-refractivity contribution in [1.29, 1.82) is 0 Å². The fraction of sp³-hybridized carbons (Fsp3) is 0.100. The van der Waals surface area contributed by atoms with Crippen LogP contribution in [0.2, 0.25) is 0 Å². The second-order valence-electron chi connectivity index (χ2n) is 5.73. The molecule has 2 heterocycles. The van der Waals surface area contributed by atoms with Crippen molar-refractivity contribution in [2.75, 3.05) is 17.3 Å². The highest BCUT2D eigenvalue weighted by Crippen LogP contribution is 2.37. The second-order valence-corrected chi connectivity index (χ2v) is 5.73. The molecular weight excluding hydrogens is 314 g/mol. The number of carbonyl (C=O) groups excluding carboxylic acids is 1. The van der Waals surface area contributed by atoms with Gasteiger partial charge in [0.1, 0.15) is 17.7 Å². The van der Waals surface area contributed by atoms with Crippen LogP contribution < -0.4 is 15.0 Å². The van der Waals surface area contributed by atoms with Crippen molar-refractivity contribution in [2.24, 2.45) is 0 Å². The number of hydrogen-bond acceptors (Lipinski definition) is 4. The summed E-state index contributed by atoms with van der Waals surface area (Å²) in [5, 5.41) is 3.44. The van der Waals surface area contributed by atoms with Crippen molar-refractivity contribution in [2.45, 2.75) is 6.17 Å². The summed E-state index contributed by atoms with van der Waals surface area (Å²) in [7, 11) is 1.64. The molecule has 0 radical (unpaired) electrons. The van der Waals surface area contributed by atoms with Crippen LogP contribution >= 0.6 is 0 Å². The highest BCUT2D eigenvalue weighted by molar-refractivity contribution is 6.10. The minimum atomic E-state index is -0.313. The number of aromatic nitrogens is 1. The fourth-order valence-electron chi connectivity index (χ4n) is 3.04. The Bertz CT molecular complexity index is 894.